The number of aryl methyl sites for hydroxylation is 2. The number of pyridine rings is 1. The number of nitrogens with one attached hydrogen (secondary N) is 2. The molecule has 2 heterocycles. The third-order valence-electron chi connectivity index (χ3n) is 5.99. The SMILES string of the molecule is Cc1ccc(-c2cc(C(=O)NNC(=O)Cn3cnc4c(C)cccc4c3=O)c3ccccc3n2)cc1. The Balaban J connectivity index is 1.37. The maximum absolute atomic E-state index is 13.1. The van der Waals surface area contributed by atoms with Gasteiger partial charge in [0.2, 0.25) is 0 Å². The van der Waals surface area contributed by atoms with Crippen LogP contribution in [-0.2, 0) is 11.3 Å². The van der Waals surface area contributed by atoms with Gasteiger partial charge in [-0.1, -0.05) is 60.2 Å². The number of carbonyl (C=O) groups excluding carboxylic acids is 2. The van der Waals surface area contributed by atoms with Crippen molar-refractivity contribution in [3.63, 3.8) is 0 Å². The van der Waals surface area contributed by atoms with E-state index < -0.39 is 11.8 Å². The molecule has 0 fully saturated rings. The van der Waals surface area contributed by atoms with Gasteiger partial charge in [-0.2, -0.15) is 0 Å². The molecule has 5 aromatic rings. The largest absolute Gasteiger partial charge is 0.289 e. The van der Waals surface area contributed by atoms with E-state index in [0.717, 1.165) is 16.7 Å². The molecule has 5 rings (SSSR count). The number of amides is 2. The first-order valence-electron chi connectivity index (χ1n) is 11.4. The summed E-state index contributed by atoms with van der Waals surface area (Å²) in [5, 5.41) is 1.09. The average Bonchev–Trinajstić information content (AvgIpc) is 2.89. The van der Waals surface area contributed by atoms with Crippen LogP contribution in [0.3, 0.4) is 0 Å². The van der Waals surface area contributed by atoms with Gasteiger partial charge < -0.3 is 0 Å². The van der Waals surface area contributed by atoms with Gasteiger partial charge in [0.1, 0.15) is 6.54 Å². The fourth-order valence-electron chi connectivity index (χ4n) is 4.07. The molecule has 0 unspecified atom stereocenters. The summed E-state index contributed by atoms with van der Waals surface area (Å²) in [7, 11) is 0. The highest BCUT2D eigenvalue weighted by atomic mass is 16.2. The highest BCUT2D eigenvalue weighted by Crippen LogP contribution is 2.25. The zero-order valence-corrected chi connectivity index (χ0v) is 19.8. The summed E-state index contributed by atoms with van der Waals surface area (Å²) in [6, 6.07) is 22.2. The number of rotatable bonds is 4. The van der Waals surface area contributed by atoms with Gasteiger partial charge in [0.05, 0.1) is 34.0 Å². The molecular weight excluding hydrogens is 454 g/mol. The molecule has 0 bridgehead atoms. The zero-order valence-electron chi connectivity index (χ0n) is 19.8. The van der Waals surface area contributed by atoms with Gasteiger partial charge in [0, 0.05) is 10.9 Å². The number of hydrogen-bond donors (Lipinski definition) is 2. The summed E-state index contributed by atoms with van der Waals surface area (Å²) < 4.78 is 1.21. The van der Waals surface area contributed by atoms with Crippen molar-refractivity contribution in [2.75, 3.05) is 0 Å². The number of para-hydroxylation sites is 2. The Kier molecular flexibility index (Phi) is 6.00. The van der Waals surface area contributed by atoms with Crippen LogP contribution in [0.15, 0.2) is 83.9 Å². The van der Waals surface area contributed by atoms with Crippen LogP contribution in [0.2, 0.25) is 0 Å². The van der Waals surface area contributed by atoms with Crippen molar-refractivity contribution in [3.8, 4) is 11.3 Å². The van der Waals surface area contributed by atoms with Gasteiger partial charge in [0.25, 0.3) is 17.4 Å². The lowest BCUT2D eigenvalue weighted by Gasteiger charge is -2.12. The average molecular weight is 478 g/mol. The van der Waals surface area contributed by atoms with Crippen molar-refractivity contribution in [2.45, 2.75) is 20.4 Å². The summed E-state index contributed by atoms with van der Waals surface area (Å²) >= 11 is 0. The quantitative estimate of drug-likeness (QED) is 0.384. The van der Waals surface area contributed by atoms with E-state index in [-0.39, 0.29) is 12.1 Å². The van der Waals surface area contributed by atoms with Gasteiger partial charge in [-0.15, -0.1) is 0 Å². The molecule has 0 aliphatic heterocycles. The zero-order chi connectivity index (χ0) is 25.2. The summed E-state index contributed by atoms with van der Waals surface area (Å²) in [6.07, 6.45) is 1.34. The molecule has 8 heteroatoms. The van der Waals surface area contributed by atoms with E-state index in [0.29, 0.717) is 33.1 Å². The van der Waals surface area contributed by atoms with Crippen LogP contribution in [0.4, 0.5) is 0 Å². The summed E-state index contributed by atoms with van der Waals surface area (Å²) in [5.41, 5.74) is 9.70. The number of hydrazine groups is 1. The Morgan fingerprint density at radius 1 is 0.889 bits per heavy atom. The van der Waals surface area contributed by atoms with Crippen molar-refractivity contribution >= 4 is 33.6 Å². The molecule has 0 radical (unpaired) electrons. The van der Waals surface area contributed by atoms with Crippen molar-refractivity contribution in [1.82, 2.24) is 25.4 Å². The van der Waals surface area contributed by atoms with Crippen molar-refractivity contribution < 1.29 is 9.59 Å². The Morgan fingerprint density at radius 2 is 1.64 bits per heavy atom. The standard InChI is InChI=1S/C28H23N5O3/c1-17-10-12-19(13-11-17)24-14-22(20-7-3-4-9-23(20)30-24)27(35)32-31-25(34)15-33-16-29-26-18(2)6-5-8-21(26)28(33)36/h3-14,16H,15H2,1-2H3,(H,31,34)(H,32,35). The maximum atomic E-state index is 13.1. The minimum absolute atomic E-state index is 0.290. The molecule has 0 aliphatic rings. The van der Waals surface area contributed by atoms with E-state index in [1.165, 1.54) is 10.9 Å². The molecule has 178 valence electrons. The highest BCUT2D eigenvalue weighted by molar-refractivity contribution is 6.07. The lowest BCUT2D eigenvalue weighted by atomic mass is 10.0. The first kappa shape index (κ1) is 22.9. The Morgan fingerprint density at radius 3 is 2.44 bits per heavy atom. The van der Waals surface area contributed by atoms with Crippen LogP contribution in [0, 0.1) is 13.8 Å². The number of nitrogens with zero attached hydrogens (tertiary/aromatic N) is 3. The molecule has 8 nitrogen and oxygen atoms in total. The molecule has 0 spiro atoms. The number of benzene rings is 3. The van der Waals surface area contributed by atoms with Crippen LogP contribution in [0.1, 0.15) is 21.5 Å². The van der Waals surface area contributed by atoms with Crippen LogP contribution in [0.25, 0.3) is 33.1 Å². The fourth-order valence-corrected chi connectivity index (χ4v) is 4.07. The minimum atomic E-state index is -0.559. The molecular formula is C28H23N5O3. The van der Waals surface area contributed by atoms with Gasteiger partial charge in [0.15, 0.2) is 0 Å². The predicted octanol–water partition coefficient (Wildman–Crippen LogP) is 3.69. The van der Waals surface area contributed by atoms with Gasteiger partial charge in [-0.25, -0.2) is 9.97 Å². The van der Waals surface area contributed by atoms with E-state index in [9.17, 15) is 14.4 Å². The second kappa shape index (κ2) is 9.42. The van der Waals surface area contributed by atoms with E-state index in [4.69, 9.17) is 4.98 Å². The van der Waals surface area contributed by atoms with E-state index >= 15 is 0 Å². The molecule has 3 aromatic carbocycles. The molecule has 0 saturated carbocycles. The van der Waals surface area contributed by atoms with E-state index in [1.54, 1.807) is 24.3 Å². The molecule has 2 aromatic heterocycles. The molecule has 0 saturated heterocycles. The predicted molar refractivity (Wildman–Crippen MR) is 138 cm³/mol. The second-order valence-electron chi connectivity index (χ2n) is 8.59. The number of carbonyl (C=O) groups is 2. The van der Waals surface area contributed by atoms with Crippen molar-refractivity contribution in [1.29, 1.82) is 0 Å². The van der Waals surface area contributed by atoms with Crippen molar-refractivity contribution in [3.05, 3.63) is 106 Å². The molecule has 0 aliphatic carbocycles. The van der Waals surface area contributed by atoms with E-state index in [1.807, 2.05) is 62.4 Å². The maximum Gasteiger partial charge on any atom is 0.270 e. The minimum Gasteiger partial charge on any atom is -0.289 e. The van der Waals surface area contributed by atoms with Crippen molar-refractivity contribution in [2.24, 2.45) is 0 Å². The Bertz CT molecular complexity index is 1690. The van der Waals surface area contributed by atoms with Crippen LogP contribution < -0.4 is 16.4 Å². The molecule has 2 amide bonds. The summed E-state index contributed by atoms with van der Waals surface area (Å²) in [6.45, 7) is 3.58. The normalized spacial score (nSPS) is 10.9. The lowest BCUT2D eigenvalue weighted by molar-refractivity contribution is -0.122. The highest BCUT2D eigenvalue weighted by Gasteiger charge is 2.15. The van der Waals surface area contributed by atoms with Gasteiger partial charge >= 0.3 is 0 Å². The van der Waals surface area contributed by atoms with Gasteiger partial charge in [-0.3, -0.25) is 29.8 Å². The Labute approximate surface area is 206 Å². The van der Waals surface area contributed by atoms with E-state index in [2.05, 4.69) is 15.8 Å². The smallest absolute Gasteiger partial charge is 0.270 e. The topological polar surface area (TPSA) is 106 Å². The number of aromatic nitrogens is 3. The molecule has 36 heavy (non-hydrogen) atoms. The Hall–Kier alpha value is -4.85. The number of fused-ring (bicyclic) bond motifs is 2. The second-order valence-corrected chi connectivity index (χ2v) is 8.59. The summed E-state index contributed by atoms with van der Waals surface area (Å²) in [4.78, 5) is 47.4. The van der Waals surface area contributed by atoms with Crippen LogP contribution >= 0.6 is 0 Å². The fraction of sp³-hybridized carbons (Fsp3) is 0.107. The molecule has 2 N–H and O–H groups in total. The third kappa shape index (κ3) is 4.44. The first-order chi connectivity index (χ1) is 17.4. The third-order valence-corrected chi connectivity index (χ3v) is 5.99. The van der Waals surface area contributed by atoms with Gasteiger partial charge in [-0.05, 0) is 37.6 Å². The van der Waals surface area contributed by atoms with Crippen LogP contribution in [-0.4, -0.2) is 26.3 Å². The monoisotopic (exact) mass is 477 g/mol. The number of hydrogen-bond acceptors (Lipinski definition) is 5. The first-order valence-corrected chi connectivity index (χ1v) is 11.4. The lowest BCUT2D eigenvalue weighted by Crippen LogP contribution is -2.44. The summed E-state index contributed by atoms with van der Waals surface area (Å²) in [5.74, 6) is -1.05. The molecule has 0 atom stereocenters. The van der Waals surface area contributed by atoms with Crippen LogP contribution in [0.5, 0.6) is 0 Å².